The molecule has 0 saturated heterocycles. The lowest BCUT2D eigenvalue weighted by molar-refractivity contribution is -0.124. The van der Waals surface area contributed by atoms with Crippen molar-refractivity contribution in [3.8, 4) is 11.4 Å². The molecule has 1 aromatic carbocycles. The molecule has 1 heterocycles. The number of anilines is 1. The molecule has 1 aromatic heterocycles. The van der Waals surface area contributed by atoms with E-state index in [4.69, 9.17) is 0 Å². The minimum Gasteiger partial charge on any atom is -0.345 e. The van der Waals surface area contributed by atoms with Gasteiger partial charge < -0.3 is 10.6 Å². The van der Waals surface area contributed by atoms with Crippen molar-refractivity contribution in [2.45, 2.75) is 39.7 Å². The highest BCUT2D eigenvalue weighted by Crippen LogP contribution is 2.25. The number of hydrogen-bond acceptors (Lipinski definition) is 4. The average molecular weight is 315 g/mol. The Morgan fingerprint density at radius 2 is 1.87 bits per heavy atom. The van der Waals surface area contributed by atoms with Crippen molar-refractivity contribution in [2.24, 2.45) is 0 Å². The number of aromatic amines is 1. The normalized spacial score (nSPS) is 12.0. The first-order valence-corrected chi connectivity index (χ1v) is 7.48. The van der Waals surface area contributed by atoms with Crippen LogP contribution >= 0.6 is 0 Å². The Morgan fingerprint density at radius 3 is 2.48 bits per heavy atom. The molecule has 1 unspecified atom stereocenters. The van der Waals surface area contributed by atoms with Gasteiger partial charge in [-0.25, -0.2) is 4.98 Å². The van der Waals surface area contributed by atoms with E-state index < -0.39 is 6.04 Å². The van der Waals surface area contributed by atoms with Crippen LogP contribution in [0.25, 0.3) is 11.4 Å². The van der Waals surface area contributed by atoms with Gasteiger partial charge in [0, 0.05) is 18.4 Å². The molecule has 2 aromatic rings. The molecule has 0 aliphatic rings. The van der Waals surface area contributed by atoms with Gasteiger partial charge in [0.25, 0.3) is 0 Å². The number of aromatic nitrogens is 3. The summed E-state index contributed by atoms with van der Waals surface area (Å²) in [5.74, 6) is 0.992. The minimum atomic E-state index is -0.626. The molecule has 23 heavy (non-hydrogen) atoms. The number of rotatable bonds is 5. The highest BCUT2D eigenvalue weighted by molar-refractivity contribution is 5.99. The number of benzene rings is 1. The molecule has 3 N–H and O–H groups in total. The first-order valence-electron chi connectivity index (χ1n) is 7.48. The van der Waals surface area contributed by atoms with Crippen molar-refractivity contribution >= 4 is 17.5 Å². The van der Waals surface area contributed by atoms with Crippen LogP contribution in [0.15, 0.2) is 24.3 Å². The second kappa shape index (κ2) is 7.04. The molecular weight excluding hydrogens is 294 g/mol. The van der Waals surface area contributed by atoms with Gasteiger partial charge in [-0.15, -0.1) is 0 Å². The lowest BCUT2D eigenvalue weighted by Gasteiger charge is -2.14. The zero-order chi connectivity index (χ0) is 17.0. The Kier molecular flexibility index (Phi) is 5.10. The molecule has 7 nitrogen and oxygen atoms in total. The minimum absolute atomic E-state index is 0.234. The Labute approximate surface area is 134 Å². The summed E-state index contributed by atoms with van der Waals surface area (Å²) >= 11 is 0. The number of carbonyl (C=O) groups is 2. The lowest BCUT2D eigenvalue weighted by atomic mass is 10.1. The molecule has 0 aliphatic carbocycles. The van der Waals surface area contributed by atoms with Crippen molar-refractivity contribution in [2.75, 3.05) is 5.32 Å². The number of nitrogens with one attached hydrogen (secondary N) is 3. The summed E-state index contributed by atoms with van der Waals surface area (Å²) in [4.78, 5) is 27.7. The SMILES string of the molecule is CC(=O)NC(C)C(=O)Nc1ccccc1-c1n[nH]c(C(C)C)n1. The standard InChI is InChI=1S/C16H21N5O2/c1-9(2)14-19-15(21-20-14)12-7-5-6-8-13(12)18-16(23)10(3)17-11(4)22/h5-10H,1-4H3,(H,17,22)(H,18,23)(H,19,20,21). The highest BCUT2D eigenvalue weighted by Gasteiger charge is 2.17. The van der Waals surface area contributed by atoms with Crippen LogP contribution in [0.1, 0.15) is 39.4 Å². The van der Waals surface area contributed by atoms with Crippen LogP contribution in [-0.4, -0.2) is 33.0 Å². The zero-order valence-electron chi connectivity index (χ0n) is 13.7. The summed E-state index contributed by atoms with van der Waals surface area (Å²) in [6.07, 6.45) is 0. The van der Waals surface area contributed by atoms with Gasteiger partial charge in [0.2, 0.25) is 11.8 Å². The van der Waals surface area contributed by atoms with Gasteiger partial charge in [-0.1, -0.05) is 26.0 Å². The quantitative estimate of drug-likeness (QED) is 0.786. The van der Waals surface area contributed by atoms with Crippen molar-refractivity contribution in [1.82, 2.24) is 20.5 Å². The van der Waals surface area contributed by atoms with Gasteiger partial charge in [0.1, 0.15) is 11.9 Å². The maximum atomic E-state index is 12.2. The number of amides is 2. The Hall–Kier alpha value is -2.70. The van der Waals surface area contributed by atoms with Crippen LogP contribution in [0.4, 0.5) is 5.69 Å². The zero-order valence-corrected chi connectivity index (χ0v) is 13.7. The fourth-order valence-corrected chi connectivity index (χ4v) is 2.05. The predicted molar refractivity (Wildman–Crippen MR) is 87.8 cm³/mol. The fourth-order valence-electron chi connectivity index (χ4n) is 2.05. The van der Waals surface area contributed by atoms with Crippen LogP contribution in [-0.2, 0) is 9.59 Å². The molecule has 1 atom stereocenters. The summed E-state index contributed by atoms with van der Waals surface area (Å²) in [6, 6.07) is 6.66. The van der Waals surface area contributed by atoms with Gasteiger partial charge >= 0.3 is 0 Å². The molecule has 0 aliphatic heterocycles. The fraction of sp³-hybridized carbons (Fsp3) is 0.375. The van der Waals surface area contributed by atoms with Crippen LogP contribution in [0.3, 0.4) is 0 Å². The molecule has 2 rings (SSSR count). The van der Waals surface area contributed by atoms with E-state index in [0.29, 0.717) is 11.5 Å². The van der Waals surface area contributed by atoms with Gasteiger partial charge in [-0.3, -0.25) is 14.7 Å². The summed E-state index contributed by atoms with van der Waals surface area (Å²) in [6.45, 7) is 7.04. The number of H-pyrrole nitrogens is 1. The van der Waals surface area contributed by atoms with E-state index in [1.54, 1.807) is 13.0 Å². The van der Waals surface area contributed by atoms with Crippen molar-refractivity contribution in [3.63, 3.8) is 0 Å². The van der Waals surface area contributed by atoms with Gasteiger partial charge in [0.05, 0.1) is 5.69 Å². The molecule has 0 fully saturated rings. The first kappa shape index (κ1) is 16.7. The van der Waals surface area contributed by atoms with E-state index in [2.05, 4.69) is 25.8 Å². The summed E-state index contributed by atoms with van der Waals surface area (Å²) in [5, 5.41) is 12.5. The maximum absolute atomic E-state index is 12.2. The van der Waals surface area contributed by atoms with Crippen molar-refractivity contribution < 1.29 is 9.59 Å². The predicted octanol–water partition coefficient (Wildman–Crippen LogP) is 2.06. The van der Waals surface area contributed by atoms with Crippen molar-refractivity contribution in [3.05, 3.63) is 30.1 Å². The second-order valence-electron chi connectivity index (χ2n) is 5.66. The lowest BCUT2D eigenvalue weighted by Crippen LogP contribution is -2.40. The van der Waals surface area contributed by atoms with E-state index in [-0.39, 0.29) is 17.7 Å². The van der Waals surface area contributed by atoms with E-state index in [9.17, 15) is 9.59 Å². The molecule has 7 heteroatoms. The van der Waals surface area contributed by atoms with Gasteiger partial charge in [-0.05, 0) is 19.1 Å². The van der Waals surface area contributed by atoms with Gasteiger partial charge in [-0.2, -0.15) is 5.10 Å². The Bertz CT molecular complexity index is 708. The second-order valence-corrected chi connectivity index (χ2v) is 5.66. The third-order valence-corrected chi connectivity index (χ3v) is 3.29. The highest BCUT2D eigenvalue weighted by atomic mass is 16.2. The van der Waals surface area contributed by atoms with Crippen LogP contribution in [0.2, 0.25) is 0 Å². The monoisotopic (exact) mass is 315 g/mol. The first-order chi connectivity index (χ1) is 10.9. The number of carbonyl (C=O) groups excluding carboxylic acids is 2. The third-order valence-electron chi connectivity index (χ3n) is 3.29. The molecule has 0 bridgehead atoms. The third kappa shape index (κ3) is 4.15. The average Bonchev–Trinajstić information content (AvgIpc) is 2.97. The van der Waals surface area contributed by atoms with Crippen LogP contribution < -0.4 is 10.6 Å². The largest absolute Gasteiger partial charge is 0.345 e. The molecular formula is C16H21N5O2. The summed E-state index contributed by atoms with van der Waals surface area (Å²) < 4.78 is 0. The van der Waals surface area contributed by atoms with E-state index in [0.717, 1.165) is 11.4 Å². The van der Waals surface area contributed by atoms with Crippen LogP contribution in [0.5, 0.6) is 0 Å². The Morgan fingerprint density at radius 1 is 1.17 bits per heavy atom. The summed E-state index contributed by atoms with van der Waals surface area (Å²) in [7, 11) is 0. The number of hydrogen-bond donors (Lipinski definition) is 3. The molecule has 2 amide bonds. The van der Waals surface area contributed by atoms with E-state index >= 15 is 0 Å². The molecule has 0 saturated carbocycles. The van der Waals surface area contributed by atoms with Crippen LogP contribution in [0, 0.1) is 0 Å². The van der Waals surface area contributed by atoms with Crippen molar-refractivity contribution in [1.29, 1.82) is 0 Å². The van der Waals surface area contributed by atoms with Gasteiger partial charge in [0.15, 0.2) is 5.82 Å². The molecule has 0 spiro atoms. The van der Waals surface area contributed by atoms with E-state index in [1.807, 2.05) is 32.0 Å². The molecule has 0 radical (unpaired) electrons. The Balaban J connectivity index is 2.23. The topological polar surface area (TPSA) is 99.8 Å². The molecule has 122 valence electrons. The number of nitrogens with zero attached hydrogens (tertiary/aromatic N) is 2. The smallest absolute Gasteiger partial charge is 0.246 e. The maximum Gasteiger partial charge on any atom is 0.246 e. The number of para-hydroxylation sites is 1. The summed E-state index contributed by atoms with van der Waals surface area (Å²) in [5.41, 5.74) is 1.32. The van der Waals surface area contributed by atoms with E-state index in [1.165, 1.54) is 6.92 Å².